The summed E-state index contributed by atoms with van der Waals surface area (Å²) in [6.45, 7) is 0.234. The van der Waals surface area contributed by atoms with E-state index in [-0.39, 0.29) is 30.3 Å². The van der Waals surface area contributed by atoms with E-state index in [4.69, 9.17) is 26.5 Å². The number of nitrogens with zero attached hydrogens (tertiary/aromatic N) is 2. The molecule has 0 atom stereocenters. The predicted octanol–water partition coefficient (Wildman–Crippen LogP) is 3.93. The van der Waals surface area contributed by atoms with Crippen LogP contribution in [0.15, 0.2) is 39.7 Å². The van der Waals surface area contributed by atoms with Crippen LogP contribution in [-0.2, 0) is 9.59 Å². The SMILES string of the molecule is COc1cc([N+](=O)[O-])ccc1-c1ccc(C=C2SC(=S)N(CCCC(=O)O)C2=O)o1. The molecular formula is C19H16N2O7S2. The second-order valence-electron chi connectivity index (χ2n) is 6.17. The quantitative estimate of drug-likeness (QED) is 0.277. The lowest BCUT2D eigenvalue weighted by Gasteiger charge is -2.13. The van der Waals surface area contributed by atoms with Crippen molar-refractivity contribution in [3.63, 3.8) is 0 Å². The fraction of sp³-hybridized carbons (Fsp3) is 0.211. The predicted molar refractivity (Wildman–Crippen MR) is 114 cm³/mol. The Morgan fingerprint density at radius 2 is 2.17 bits per heavy atom. The topological polar surface area (TPSA) is 123 Å². The van der Waals surface area contributed by atoms with Crippen molar-refractivity contribution in [3.8, 4) is 17.1 Å². The molecule has 0 bridgehead atoms. The first-order valence-electron chi connectivity index (χ1n) is 8.70. The number of hydrogen-bond donors (Lipinski definition) is 1. The molecule has 3 rings (SSSR count). The molecule has 1 N–H and O–H groups in total. The first kappa shape index (κ1) is 21.5. The van der Waals surface area contributed by atoms with Crippen molar-refractivity contribution in [2.45, 2.75) is 12.8 Å². The number of benzene rings is 1. The molecule has 1 fully saturated rings. The molecule has 1 aromatic heterocycles. The van der Waals surface area contributed by atoms with Crippen LogP contribution in [0.1, 0.15) is 18.6 Å². The van der Waals surface area contributed by atoms with Gasteiger partial charge in [-0.25, -0.2) is 0 Å². The molecule has 9 nitrogen and oxygen atoms in total. The summed E-state index contributed by atoms with van der Waals surface area (Å²) >= 11 is 6.33. The van der Waals surface area contributed by atoms with E-state index in [0.29, 0.717) is 32.7 Å². The van der Waals surface area contributed by atoms with Crippen LogP contribution < -0.4 is 4.74 Å². The molecular weight excluding hydrogens is 432 g/mol. The molecule has 1 amide bonds. The van der Waals surface area contributed by atoms with Gasteiger partial charge in [0.1, 0.15) is 21.6 Å². The smallest absolute Gasteiger partial charge is 0.303 e. The number of aliphatic carboxylic acids is 1. The average Bonchev–Trinajstić information content (AvgIpc) is 3.27. The highest BCUT2D eigenvalue weighted by molar-refractivity contribution is 8.26. The van der Waals surface area contributed by atoms with Crippen molar-refractivity contribution < 1.29 is 28.8 Å². The summed E-state index contributed by atoms with van der Waals surface area (Å²) in [7, 11) is 1.40. The highest BCUT2D eigenvalue weighted by atomic mass is 32.2. The second kappa shape index (κ2) is 9.09. The van der Waals surface area contributed by atoms with Gasteiger partial charge in [0.15, 0.2) is 0 Å². The molecule has 1 aliphatic heterocycles. The van der Waals surface area contributed by atoms with Crippen molar-refractivity contribution in [1.82, 2.24) is 4.90 Å². The van der Waals surface area contributed by atoms with Gasteiger partial charge in [0.25, 0.3) is 11.6 Å². The first-order chi connectivity index (χ1) is 14.3. The van der Waals surface area contributed by atoms with Gasteiger partial charge < -0.3 is 14.3 Å². The molecule has 0 spiro atoms. The number of rotatable bonds is 8. The third-order valence-corrected chi connectivity index (χ3v) is 5.59. The number of thioether (sulfide) groups is 1. The average molecular weight is 448 g/mol. The number of carbonyl (C=O) groups is 2. The molecule has 2 aromatic rings. The minimum atomic E-state index is -0.930. The van der Waals surface area contributed by atoms with Crippen LogP contribution in [0.4, 0.5) is 5.69 Å². The van der Waals surface area contributed by atoms with E-state index in [0.717, 1.165) is 11.8 Å². The standard InChI is InChI=1S/C19H16N2O7S2/c1-27-15-9-11(21(25)26)4-6-13(15)14-7-5-12(28-14)10-16-18(24)20(19(29)30-16)8-2-3-17(22)23/h4-7,9-10H,2-3,8H2,1H3,(H,22,23). The van der Waals surface area contributed by atoms with Crippen LogP contribution in [0.25, 0.3) is 17.4 Å². The Balaban J connectivity index is 1.79. The van der Waals surface area contributed by atoms with Gasteiger partial charge in [-0.1, -0.05) is 24.0 Å². The van der Waals surface area contributed by atoms with Crippen molar-refractivity contribution in [2.75, 3.05) is 13.7 Å². The third-order valence-electron chi connectivity index (χ3n) is 4.21. The van der Waals surface area contributed by atoms with E-state index >= 15 is 0 Å². The zero-order valence-corrected chi connectivity index (χ0v) is 17.3. The van der Waals surface area contributed by atoms with Gasteiger partial charge in [0.2, 0.25) is 0 Å². The number of methoxy groups -OCH3 is 1. The Kier molecular flexibility index (Phi) is 6.53. The molecule has 11 heteroatoms. The molecule has 0 saturated carbocycles. The lowest BCUT2D eigenvalue weighted by Crippen LogP contribution is -2.29. The number of hydrogen-bond acceptors (Lipinski definition) is 8. The number of carboxylic acids is 1. The number of furan rings is 1. The van der Waals surface area contributed by atoms with Crippen molar-refractivity contribution in [2.24, 2.45) is 0 Å². The van der Waals surface area contributed by atoms with Crippen LogP contribution in [0, 0.1) is 10.1 Å². The Bertz CT molecular complexity index is 1060. The van der Waals surface area contributed by atoms with Gasteiger partial charge in [-0.05, 0) is 24.6 Å². The van der Waals surface area contributed by atoms with E-state index in [1.165, 1.54) is 30.2 Å². The second-order valence-corrected chi connectivity index (χ2v) is 7.85. The van der Waals surface area contributed by atoms with Crippen LogP contribution in [0.2, 0.25) is 0 Å². The highest BCUT2D eigenvalue weighted by Gasteiger charge is 2.32. The van der Waals surface area contributed by atoms with E-state index in [1.807, 2.05) is 0 Å². The summed E-state index contributed by atoms with van der Waals surface area (Å²) in [5.41, 5.74) is 0.429. The number of nitro groups is 1. The number of nitro benzene ring substituents is 1. The number of amides is 1. The lowest BCUT2D eigenvalue weighted by molar-refractivity contribution is -0.384. The van der Waals surface area contributed by atoms with Gasteiger partial charge in [-0.15, -0.1) is 0 Å². The maximum atomic E-state index is 12.6. The summed E-state index contributed by atoms with van der Waals surface area (Å²) in [6.07, 6.45) is 1.81. The zero-order chi connectivity index (χ0) is 21.8. The maximum absolute atomic E-state index is 12.6. The number of non-ortho nitro benzene ring substituents is 1. The van der Waals surface area contributed by atoms with Crippen molar-refractivity contribution >= 4 is 51.9 Å². The van der Waals surface area contributed by atoms with E-state index in [2.05, 4.69) is 0 Å². The van der Waals surface area contributed by atoms with Gasteiger partial charge in [-0.3, -0.25) is 24.6 Å². The molecule has 0 unspecified atom stereocenters. The summed E-state index contributed by atoms with van der Waals surface area (Å²) in [6, 6.07) is 7.51. The number of ether oxygens (including phenoxy) is 1. The Morgan fingerprint density at radius 1 is 1.40 bits per heavy atom. The summed E-state index contributed by atoms with van der Waals surface area (Å²) in [5, 5.41) is 19.7. The van der Waals surface area contributed by atoms with Crippen LogP contribution >= 0.6 is 24.0 Å². The molecule has 2 heterocycles. The first-order valence-corrected chi connectivity index (χ1v) is 9.92. The van der Waals surface area contributed by atoms with Crippen LogP contribution in [-0.4, -0.2) is 44.8 Å². The van der Waals surface area contributed by atoms with E-state index < -0.39 is 10.9 Å². The Labute approximate surface area is 180 Å². The minimum absolute atomic E-state index is 0.0469. The van der Waals surface area contributed by atoms with Gasteiger partial charge in [0, 0.05) is 25.1 Å². The van der Waals surface area contributed by atoms with E-state index in [1.54, 1.807) is 18.2 Å². The van der Waals surface area contributed by atoms with Gasteiger partial charge in [0.05, 0.1) is 28.6 Å². The summed E-state index contributed by atoms with van der Waals surface area (Å²) in [4.78, 5) is 35.4. The Hall–Kier alpha value is -3.18. The molecule has 30 heavy (non-hydrogen) atoms. The molecule has 1 saturated heterocycles. The van der Waals surface area contributed by atoms with Crippen LogP contribution in [0.3, 0.4) is 0 Å². The van der Waals surface area contributed by atoms with Crippen molar-refractivity contribution in [1.29, 1.82) is 0 Å². The molecule has 0 radical (unpaired) electrons. The minimum Gasteiger partial charge on any atom is -0.496 e. The maximum Gasteiger partial charge on any atom is 0.303 e. The van der Waals surface area contributed by atoms with Crippen LogP contribution in [0.5, 0.6) is 5.75 Å². The van der Waals surface area contributed by atoms with Gasteiger partial charge in [-0.2, -0.15) is 0 Å². The largest absolute Gasteiger partial charge is 0.496 e. The number of carbonyl (C=O) groups excluding carboxylic acids is 1. The molecule has 1 aliphatic rings. The highest BCUT2D eigenvalue weighted by Crippen LogP contribution is 2.36. The summed E-state index contributed by atoms with van der Waals surface area (Å²) < 4.78 is 11.4. The number of carboxylic acid groups (broad SMARTS) is 1. The lowest BCUT2D eigenvalue weighted by atomic mass is 10.1. The molecule has 0 aliphatic carbocycles. The Morgan fingerprint density at radius 3 is 2.83 bits per heavy atom. The number of thiocarbonyl (C=S) groups is 1. The molecule has 156 valence electrons. The van der Waals surface area contributed by atoms with Gasteiger partial charge >= 0.3 is 5.97 Å². The molecule has 1 aromatic carbocycles. The summed E-state index contributed by atoms with van der Waals surface area (Å²) in [5.74, 6) is -0.127. The fourth-order valence-electron chi connectivity index (χ4n) is 2.78. The third kappa shape index (κ3) is 4.69. The fourth-order valence-corrected chi connectivity index (χ4v) is 4.07. The zero-order valence-electron chi connectivity index (χ0n) is 15.7. The van der Waals surface area contributed by atoms with E-state index in [9.17, 15) is 19.7 Å². The monoisotopic (exact) mass is 448 g/mol. The normalized spacial score (nSPS) is 15.1. The van der Waals surface area contributed by atoms with Crippen molar-refractivity contribution in [3.05, 3.63) is 51.1 Å².